The molecule has 2 aromatic carbocycles. The summed E-state index contributed by atoms with van der Waals surface area (Å²) < 4.78 is 12.8. The molecule has 0 N–H and O–H groups in total. The molecule has 0 atom stereocenters. The summed E-state index contributed by atoms with van der Waals surface area (Å²) in [5, 5.41) is 5.67. The summed E-state index contributed by atoms with van der Waals surface area (Å²) in [4.78, 5) is 11.9. The van der Waals surface area contributed by atoms with E-state index in [1.807, 2.05) is 48.1 Å². The number of fused-ring (bicyclic) bond motifs is 1. The molecular weight excluding hydrogens is 378 g/mol. The van der Waals surface area contributed by atoms with Crippen LogP contribution < -0.4 is 9.64 Å². The van der Waals surface area contributed by atoms with Gasteiger partial charge in [-0.05, 0) is 36.8 Å². The Morgan fingerprint density at radius 3 is 2.63 bits per heavy atom. The summed E-state index contributed by atoms with van der Waals surface area (Å²) in [6.07, 6.45) is 1.86. The first-order chi connectivity index (χ1) is 14.7. The van der Waals surface area contributed by atoms with Crippen molar-refractivity contribution < 1.29 is 9.47 Å². The maximum absolute atomic E-state index is 5.51. The molecule has 7 heteroatoms. The number of morpholine rings is 1. The van der Waals surface area contributed by atoms with E-state index >= 15 is 0 Å². The number of aromatic nitrogens is 4. The Hall–Kier alpha value is -3.45. The molecule has 4 aromatic rings. The van der Waals surface area contributed by atoms with Crippen LogP contribution in [0.2, 0.25) is 0 Å². The van der Waals surface area contributed by atoms with Gasteiger partial charge in [-0.25, -0.2) is 9.67 Å². The predicted molar refractivity (Wildman–Crippen MR) is 116 cm³/mol. The first kappa shape index (κ1) is 18.6. The van der Waals surface area contributed by atoms with E-state index in [0.717, 1.165) is 52.4 Å². The standard InChI is InChI=1S/C23H23N5O2/c1-16-13-17(7-8-21(16)29-2)19-14-22(26-23(25-19)27-9-11-30-12-10-27)28-20-6-4-3-5-18(20)15-24-28/h3-8,13-15H,9-12H2,1-2H3. The first-order valence-electron chi connectivity index (χ1n) is 10.0. The number of rotatable bonds is 4. The van der Waals surface area contributed by atoms with Crippen molar-refractivity contribution in [1.29, 1.82) is 0 Å². The quantitative estimate of drug-likeness (QED) is 0.520. The molecule has 30 heavy (non-hydrogen) atoms. The average Bonchev–Trinajstić information content (AvgIpc) is 3.23. The SMILES string of the molecule is COc1ccc(-c2cc(-n3ncc4ccccc43)nc(N3CCOCC3)n2)cc1C. The molecule has 7 nitrogen and oxygen atoms in total. The highest BCUT2D eigenvalue weighted by Gasteiger charge is 2.18. The maximum Gasteiger partial charge on any atom is 0.228 e. The van der Waals surface area contributed by atoms with Crippen molar-refractivity contribution in [3.05, 3.63) is 60.3 Å². The fraction of sp³-hybridized carbons (Fsp3) is 0.261. The van der Waals surface area contributed by atoms with Crippen LogP contribution in [0.4, 0.5) is 5.95 Å². The molecular formula is C23H23N5O2. The van der Waals surface area contributed by atoms with E-state index in [4.69, 9.17) is 19.4 Å². The Morgan fingerprint density at radius 1 is 1.00 bits per heavy atom. The van der Waals surface area contributed by atoms with E-state index in [0.29, 0.717) is 19.2 Å². The van der Waals surface area contributed by atoms with E-state index in [9.17, 15) is 0 Å². The third-order valence-electron chi connectivity index (χ3n) is 5.38. The van der Waals surface area contributed by atoms with Crippen LogP contribution in [0.5, 0.6) is 5.75 Å². The lowest BCUT2D eigenvalue weighted by atomic mass is 10.1. The summed E-state index contributed by atoms with van der Waals surface area (Å²) in [6.45, 7) is 4.92. The number of anilines is 1. The fourth-order valence-electron chi connectivity index (χ4n) is 3.78. The zero-order chi connectivity index (χ0) is 20.5. The van der Waals surface area contributed by atoms with Gasteiger partial charge in [0, 0.05) is 30.1 Å². The van der Waals surface area contributed by atoms with Crippen LogP contribution in [0.1, 0.15) is 5.56 Å². The number of hydrogen-bond acceptors (Lipinski definition) is 6. The van der Waals surface area contributed by atoms with Crippen LogP contribution in [0.15, 0.2) is 54.7 Å². The van der Waals surface area contributed by atoms with E-state index in [-0.39, 0.29) is 0 Å². The molecule has 0 saturated carbocycles. The molecule has 5 rings (SSSR count). The molecule has 0 amide bonds. The van der Waals surface area contributed by atoms with E-state index in [1.54, 1.807) is 7.11 Å². The normalized spacial score (nSPS) is 14.3. The van der Waals surface area contributed by atoms with Gasteiger partial charge in [0.25, 0.3) is 0 Å². The molecule has 1 aliphatic heterocycles. The second-order valence-corrected chi connectivity index (χ2v) is 7.31. The Morgan fingerprint density at radius 2 is 1.83 bits per heavy atom. The summed E-state index contributed by atoms with van der Waals surface area (Å²) in [7, 11) is 1.68. The smallest absolute Gasteiger partial charge is 0.228 e. The zero-order valence-electron chi connectivity index (χ0n) is 17.1. The lowest BCUT2D eigenvalue weighted by Crippen LogP contribution is -2.37. The third-order valence-corrected chi connectivity index (χ3v) is 5.38. The van der Waals surface area contributed by atoms with Crippen molar-refractivity contribution in [2.75, 3.05) is 38.3 Å². The number of hydrogen-bond donors (Lipinski definition) is 0. The lowest BCUT2D eigenvalue weighted by molar-refractivity contribution is 0.122. The Bertz CT molecular complexity index is 1200. The first-order valence-corrected chi connectivity index (χ1v) is 10.0. The Labute approximate surface area is 174 Å². The van der Waals surface area contributed by atoms with Gasteiger partial charge in [0.1, 0.15) is 5.75 Å². The topological polar surface area (TPSA) is 65.3 Å². The number of methoxy groups -OCH3 is 1. The maximum atomic E-state index is 5.51. The van der Waals surface area contributed by atoms with E-state index < -0.39 is 0 Å². The van der Waals surface area contributed by atoms with Crippen LogP contribution in [0.3, 0.4) is 0 Å². The highest BCUT2D eigenvalue weighted by atomic mass is 16.5. The highest BCUT2D eigenvalue weighted by molar-refractivity contribution is 5.80. The van der Waals surface area contributed by atoms with Crippen LogP contribution in [-0.2, 0) is 4.74 Å². The van der Waals surface area contributed by atoms with Crippen molar-refractivity contribution in [2.24, 2.45) is 0 Å². The second kappa shape index (κ2) is 7.76. The number of para-hydroxylation sites is 1. The molecule has 2 aromatic heterocycles. The van der Waals surface area contributed by atoms with Crippen LogP contribution in [0.25, 0.3) is 28.0 Å². The second-order valence-electron chi connectivity index (χ2n) is 7.31. The molecule has 0 spiro atoms. The minimum absolute atomic E-state index is 0.676. The largest absolute Gasteiger partial charge is 0.496 e. The number of aryl methyl sites for hydroxylation is 1. The molecule has 0 radical (unpaired) electrons. The van der Waals surface area contributed by atoms with E-state index in [2.05, 4.69) is 28.2 Å². The van der Waals surface area contributed by atoms with Gasteiger partial charge >= 0.3 is 0 Å². The zero-order valence-corrected chi connectivity index (χ0v) is 17.1. The minimum atomic E-state index is 0.676. The van der Waals surface area contributed by atoms with Gasteiger partial charge in [0.05, 0.1) is 37.7 Å². The molecule has 1 saturated heterocycles. The van der Waals surface area contributed by atoms with Gasteiger partial charge in [-0.15, -0.1) is 0 Å². The van der Waals surface area contributed by atoms with Crippen molar-refractivity contribution in [3.63, 3.8) is 0 Å². The van der Waals surface area contributed by atoms with Gasteiger partial charge in [-0.3, -0.25) is 0 Å². The molecule has 0 bridgehead atoms. The molecule has 1 fully saturated rings. The van der Waals surface area contributed by atoms with Crippen molar-refractivity contribution in [3.8, 4) is 22.8 Å². The van der Waals surface area contributed by atoms with Crippen molar-refractivity contribution >= 4 is 16.9 Å². The number of benzene rings is 2. The van der Waals surface area contributed by atoms with E-state index in [1.165, 1.54) is 0 Å². The Balaban J connectivity index is 1.66. The number of nitrogens with zero attached hydrogens (tertiary/aromatic N) is 5. The third kappa shape index (κ3) is 3.37. The van der Waals surface area contributed by atoms with Gasteiger partial charge in [0.2, 0.25) is 5.95 Å². The summed E-state index contributed by atoms with van der Waals surface area (Å²) >= 11 is 0. The molecule has 3 heterocycles. The van der Waals surface area contributed by atoms with Gasteiger partial charge in [-0.1, -0.05) is 18.2 Å². The van der Waals surface area contributed by atoms with Crippen molar-refractivity contribution in [1.82, 2.24) is 19.7 Å². The van der Waals surface area contributed by atoms with Crippen LogP contribution in [0, 0.1) is 6.92 Å². The summed E-state index contributed by atoms with van der Waals surface area (Å²) in [6, 6.07) is 16.2. The highest BCUT2D eigenvalue weighted by Crippen LogP contribution is 2.28. The van der Waals surface area contributed by atoms with Gasteiger partial charge in [-0.2, -0.15) is 10.1 Å². The molecule has 152 valence electrons. The average molecular weight is 401 g/mol. The monoisotopic (exact) mass is 401 g/mol. The van der Waals surface area contributed by atoms with Crippen molar-refractivity contribution in [2.45, 2.75) is 6.92 Å². The molecule has 1 aliphatic rings. The van der Waals surface area contributed by atoms with Gasteiger partial charge in [0.15, 0.2) is 5.82 Å². The van der Waals surface area contributed by atoms with Crippen LogP contribution in [-0.4, -0.2) is 53.2 Å². The molecule has 0 aliphatic carbocycles. The summed E-state index contributed by atoms with van der Waals surface area (Å²) in [5.74, 6) is 2.30. The lowest BCUT2D eigenvalue weighted by Gasteiger charge is -2.27. The minimum Gasteiger partial charge on any atom is -0.496 e. The van der Waals surface area contributed by atoms with Crippen LogP contribution >= 0.6 is 0 Å². The predicted octanol–water partition coefficient (Wildman–Crippen LogP) is 3.64. The number of ether oxygens (including phenoxy) is 2. The summed E-state index contributed by atoms with van der Waals surface area (Å²) in [5.41, 5.74) is 3.95. The fourth-order valence-corrected chi connectivity index (χ4v) is 3.78. The Kier molecular flexibility index (Phi) is 4.80. The molecule has 0 unspecified atom stereocenters. The van der Waals surface area contributed by atoms with Gasteiger partial charge < -0.3 is 14.4 Å².